The van der Waals surface area contributed by atoms with Crippen LogP contribution in [0.1, 0.15) is 31.2 Å². The Morgan fingerprint density at radius 2 is 2.24 bits per heavy atom. The zero-order valence-electron chi connectivity index (χ0n) is 11.6. The molecule has 4 nitrogen and oxygen atoms in total. The number of thiocarbonyl (C=S) groups is 1. The van der Waals surface area contributed by atoms with Gasteiger partial charge in [-0.3, -0.25) is 5.43 Å². The van der Waals surface area contributed by atoms with E-state index in [0.717, 1.165) is 16.3 Å². The molecule has 0 unspecified atom stereocenters. The van der Waals surface area contributed by atoms with Crippen LogP contribution in [0.2, 0.25) is 0 Å². The number of nitrogens with one attached hydrogen (secondary N) is 2. The van der Waals surface area contributed by atoms with Crippen molar-refractivity contribution in [2.24, 2.45) is 16.9 Å². The van der Waals surface area contributed by atoms with E-state index in [1.807, 2.05) is 0 Å². The van der Waals surface area contributed by atoms with Gasteiger partial charge < -0.3 is 10.4 Å². The molecule has 21 heavy (non-hydrogen) atoms. The highest BCUT2D eigenvalue weighted by Crippen LogP contribution is 2.44. The van der Waals surface area contributed by atoms with E-state index in [-0.39, 0.29) is 5.75 Å². The summed E-state index contributed by atoms with van der Waals surface area (Å²) >= 11 is 8.64. The molecule has 2 bridgehead atoms. The normalized spacial score (nSPS) is 27.2. The third-order valence-corrected chi connectivity index (χ3v) is 5.12. The molecule has 6 heteroatoms. The third-order valence-electron chi connectivity index (χ3n) is 4.41. The summed E-state index contributed by atoms with van der Waals surface area (Å²) in [5, 5.41) is 17.7. The lowest BCUT2D eigenvalue weighted by molar-refractivity contribution is 0.389. The number of hydrogen-bond donors (Lipinski definition) is 3. The minimum Gasteiger partial charge on any atom is -0.507 e. The predicted octanol–water partition coefficient (Wildman–Crippen LogP) is 3.14. The molecule has 0 amide bonds. The predicted molar refractivity (Wildman–Crippen MR) is 91.5 cm³/mol. The van der Waals surface area contributed by atoms with Gasteiger partial charge in [0, 0.05) is 16.1 Å². The van der Waals surface area contributed by atoms with Crippen molar-refractivity contribution in [3.8, 4) is 5.75 Å². The molecule has 2 aliphatic carbocycles. The van der Waals surface area contributed by atoms with Gasteiger partial charge in [0.25, 0.3) is 0 Å². The number of benzene rings is 1. The van der Waals surface area contributed by atoms with E-state index in [1.165, 1.54) is 25.7 Å². The number of hydrogen-bond acceptors (Lipinski definition) is 3. The topological polar surface area (TPSA) is 56.7 Å². The van der Waals surface area contributed by atoms with Crippen molar-refractivity contribution in [3.05, 3.63) is 28.2 Å². The lowest BCUT2D eigenvalue weighted by Gasteiger charge is -2.23. The summed E-state index contributed by atoms with van der Waals surface area (Å²) in [6, 6.07) is 5.70. The Balaban J connectivity index is 1.51. The molecule has 3 rings (SSSR count). The number of aromatic hydroxyl groups is 1. The van der Waals surface area contributed by atoms with Crippen LogP contribution in [-0.2, 0) is 0 Å². The Bertz CT molecular complexity index is 578. The van der Waals surface area contributed by atoms with E-state index in [4.69, 9.17) is 12.2 Å². The first-order chi connectivity index (χ1) is 10.1. The van der Waals surface area contributed by atoms with E-state index < -0.39 is 0 Å². The van der Waals surface area contributed by atoms with Crippen molar-refractivity contribution in [1.29, 1.82) is 0 Å². The smallest absolute Gasteiger partial charge is 0.187 e. The molecular weight excluding hydrogens is 350 g/mol. The average Bonchev–Trinajstić information content (AvgIpc) is 3.05. The van der Waals surface area contributed by atoms with Crippen molar-refractivity contribution in [1.82, 2.24) is 10.7 Å². The van der Waals surface area contributed by atoms with Gasteiger partial charge in [0.1, 0.15) is 5.75 Å². The van der Waals surface area contributed by atoms with Crippen LogP contribution < -0.4 is 10.7 Å². The zero-order valence-corrected chi connectivity index (χ0v) is 14.0. The molecule has 0 saturated heterocycles. The summed E-state index contributed by atoms with van der Waals surface area (Å²) in [6.07, 6.45) is 6.83. The fourth-order valence-electron chi connectivity index (χ4n) is 3.41. The van der Waals surface area contributed by atoms with Gasteiger partial charge >= 0.3 is 0 Å². The van der Waals surface area contributed by atoms with Crippen LogP contribution in [0.25, 0.3) is 0 Å². The highest BCUT2D eigenvalue weighted by atomic mass is 79.9. The minimum absolute atomic E-state index is 0.190. The zero-order chi connectivity index (χ0) is 14.8. The first-order valence-electron chi connectivity index (χ1n) is 7.20. The van der Waals surface area contributed by atoms with Gasteiger partial charge in [-0.25, -0.2) is 0 Å². The van der Waals surface area contributed by atoms with Crippen molar-refractivity contribution in [3.63, 3.8) is 0 Å². The summed E-state index contributed by atoms with van der Waals surface area (Å²) in [4.78, 5) is 0. The summed E-state index contributed by atoms with van der Waals surface area (Å²) in [7, 11) is 0. The van der Waals surface area contributed by atoms with Gasteiger partial charge in [0.2, 0.25) is 0 Å². The Morgan fingerprint density at radius 3 is 2.95 bits per heavy atom. The van der Waals surface area contributed by atoms with Crippen molar-refractivity contribution in [2.75, 3.05) is 0 Å². The molecule has 112 valence electrons. The Morgan fingerprint density at radius 1 is 1.38 bits per heavy atom. The molecule has 0 spiro atoms. The Kier molecular flexibility index (Phi) is 4.45. The van der Waals surface area contributed by atoms with Crippen LogP contribution in [0.3, 0.4) is 0 Å². The van der Waals surface area contributed by atoms with E-state index in [9.17, 15) is 5.11 Å². The standard InChI is InChI=1S/C15H18BrN3OS/c16-12-3-4-14(20)11(7-12)8-17-19-15(21)18-13-6-9-1-2-10(13)5-9/h3-4,7-10,13,20H,1-2,5-6H2,(H2,18,19,21)/b17-8-/t9-,10-,13+/m0/s1. The highest BCUT2D eigenvalue weighted by molar-refractivity contribution is 9.10. The van der Waals surface area contributed by atoms with Gasteiger partial charge in [0.15, 0.2) is 5.11 Å². The molecule has 0 heterocycles. The van der Waals surface area contributed by atoms with Gasteiger partial charge in [0.05, 0.1) is 6.21 Å². The lowest BCUT2D eigenvalue weighted by Crippen LogP contribution is -2.42. The van der Waals surface area contributed by atoms with Gasteiger partial charge in [-0.1, -0.05) is 22.4 Å². The molecule has 1 aromatic rings. The molecule has 0 radical (unpaired) electrons. The molecule has 2 fully saturated rings. The quantitative estimate of drug-likeness (QED) is 0.436. The molecule has 3 atom stereocenters. The fourth-order valence-corrected chi connectivity index (χ4v) is 3.99. The molecule has 3 N–H and O–H groups in total. The number of fused-ring (bicyclic) bond motifs is 2. The molecule has 2 saturated carbocycles. The number of halogens is 1. The van der Waals surface area contributed by atoms with E-state index in [2.05, 4.69) is 31.8 Å². The molecule has 0 aliphatic heterocycles. The fraction of sp³-hybridized carbons (Fsp3) is 0.467. The van der Waals surface area contributed by atoms with Gasteiger partial charge in [-0.05, 0) is 61.5 Å². The number of phenols is 1. The first-order valence-corrected chi connectivity index (χ1v) is 8.40. The number of phenolic OH excluding ortho intramolecular Hbond substituents is 1. The first kappa shape index (κ1) is 14.8. The van der Waals surface area contributed by atoms with Crippen LogP contribution in [-0.4, -0.2) is 22.5 Å². The second-order valence-corrected chi connectivity index (χ2v) is 7.15. The van der Waals surface area contributed by atoms with Crippen molar-refractivity contribution in [2.45, 2.75) is 31.7 Å². The van der Waals surface area contributed by atoms with Crippen molar-refractivity contribution >= 4 is 39.5 Å². The minimum atomic E-state index is 0.190. The van der Waals surface area contributed by atoms with E-state index in [1.54, 1.807) is 24.4 Å². The van der Waals surface area contributed by atoms with E-state index >= 15 is 0 Å². The van der Waals surface area contributed by atoms with Crippen LogP contribution in [0.4, 0.5) is 0 Å². The Labute approximate surface area is 138 Å². The lowest BCUT2D eigenvalue weighted by atomic mass is 9.96. The molecule has 2 aliphatic rings. The average molecular weight is 368 g/mol. The SMILES string of the molecule is Oc1ccc(Br)cc1/C=N\NC(=S)N[C@@H]1C[C@H]2CC[C@H]1C2. The number of rotatable bonds is 3. The summed E-state index contributed by atoms with van der Waals surface area (Å²) < 4.78 is 0.893. The van der Waals surface area contributed by atoms with E-state index in [0.29, 0.717) is 16.7 Å². The summed E-state index contributed by atoms with van der Waals surface area (Å²) in [6.45, 7) is 0. The second-order valence-electron chi connectivity index (χ2n) is 5.83. The number of nitrogens with zero attached hydrogens (tertiary/aromatic N) is 1. The number of hydrazone groups is 1. The summed E-state index contributed by atoms with van der Waals surface area (Å²) in [5.74, 6) is 1.85. The van der Waals surface area contributed by atoms with Gasteiger partial charge in [-0.2, -0.15) is 5.10 Å². The maximum atomic E-state index is 9.71. The van der Waals surface area contributed by atoms with Crippen LogP contribution in [0.15, 0.2) is 27.8 Å². The molecular formula is C15H18BrN3OS. The molecule has 1 aromatic carbocycles. The van der Waals surface area contributed by atoms with Crippen molar-refractivity contribution < 1.29 is 5.11 Å². The van der Waals surface area contributed by atoms with Gasteiger partial charge in [-0.15, -0.1) is 0 Å². The summed E-state index contributed by atoms with van der Waals surface area (Å²) in [5.41, 5.74) is 3.47. The monoisotopic (exact) mass is 367 g/mol. The Hall–Kier alpha value is -1.14. The highest BCUT2D eigenvalue weighted by Gasteiger charge is 2.39. The van der Waals surface area contributed by atoms with Crippen LogP contribution in [0, 0.1) is 11.8 Å². The van der Waals surface area contributed by atoms with Crippen LogP contribution in [0.5, 0.6) is 5.75 Å². The largest absolute Gasteiger partial charge is 0.507 e. The maximum absolute atomic E-state index is 9.71. The van der Waals surface area contributed by atoms with Crippen LogP contribution >= 0.6 is 28.1 Å². The molecule has 0 aromatic heterocycles. The third kappa shape index (κ3) is 3.55. The maximum Gasteiger partial charge on any atom is 0.187 e. The second kappa shape index (κ2) is 6.32.